The summed E-state index contributed by atoms with van der Waals surface area (Å²) in [5, 5.41) is 3.62. The normalized spacial score (nSPS) is 15.3. The fraction of sp³-hybridized carbons (Fsp3) is 1.00. The summed E-state index contributed by atoms with van der Waals surface area (Å²) in [7, 11) is 2.28. The molecular weight excluding hydrogens is 220 g/mol. The number of nitrogens with zero attached hydrogens (tertiary/aromatic N) is 1. The third-order valence-electron chi connectivity index (χ3n) is 3.59. The maximum atomic E-state index is 3.62. The van der Waals surface area contributed by atoms with Crippen LogP contribution in [-0.4, -0.2) is 37.6 Å². The molecule has 2 nitrogen and oxygen atoms in total. The predicted molar refractivity (Wildman–Crippen MR) is 83.2 cm³/mol. The Kier molecular flexibility index (Phi) is 9.76. The van der Waals surface area contributed by atoms with Gasteiger partial charge in [0.15, 0.2) is 0 Å². The quantitative estimate of drug-likeness (QED) is 0.564. The molecule has 0 spiro atoms. The summed E-state index contributed by atoms with van der Waals surface area (Å²) in [4.78, 5) is 2.52. The van der Waals surface area contributed by atoms with Crippen LogP contribution in [-0.2, 0) is 0 Å². The minimum Gasteiger partial charge on any atom is -0.314 e. The first kappa shape index (κ1) is 17.9. The van der Waals surface area contributed by atoms with Crippen molar-refractivity contribution in [1.29, 1.82) is 0 Å². The van der Waals surface area contributed by atoms with Gasteiger partial charge in [-0.3, -0.25) is 0 Å². The highest BCUT2D eigenvalue weighted by Gasteiger charge is 2.24. The molecule has 2 heteroatoms. The van der Waals surface area contributed by atoms with Gasteiger partial charge in [0.25, 0.3) is 0 Å². The van der Waals surface area contributed by atoms with Crippen LogP contribution in [0, 0.1) is 5.41 Å². The first-order chi connectivity index (χ1) is 8.43. The van der Waals surface area contributed by atoms with Crippen LogP contribution >= 0.6 is 0 Å². The van der Waals surface area contributed by atoms with Crippen molar-refractivity contribution < 1.29 is 0 Å². The van der Waals surface area contributed by atoms with Crippen LogP contribution in [0.1, 0.15) is 66.7 Å². The van der Waals surface area contributed by atoms with Crippen LogP contribution < -0.4 is 5.32 Å². The highest BCUT2D eigenvalue weighted by molar-refractivity contribution is 4.80. The zero-order valence-electron chi connectivity index (χ0n) is 13.7. The Morgan fingerprint density at radius 1 is 1.11 bits per heavy atom. The molecule has 0 radical (unpaired) electrons. The Morgan fingerprint density at radius 2 is 1.78 bits per heavy atom. The molecule has 0 amide bonds. The number of hydrogen-bond acceptors (Lipinski definition) is 2. The van der Waals surface area contributed by atoms with E-state index in [9.17, 15) is 0 Å². The molecule has 1 atom stereocenters. The average molecular weight is 256 g/mol. The lowest BCUT2D eigenvalue weighted by Gasteiger charge is -2.35. The van der Waals surface area contributed by atoms with Gasteiger partial charge in [0.05, 0.1) is 0 Å². The Bertz CT molecular complexity index is 192. The molecule has 0 bridgehead atoms. The fourth-order valence-corrected chi connectivity index (χ4v) is 2.64. The second-order valence-electron chi connectivity index (χ2n) is 6.54. The summed E-state index contributed by atoms with van der Waals surface area (Å²) in [6.45, 7) is 15.1. The number of nitrogens with one attached hydrogen (secondary N) is 1. The van der Waals surface area contributed by atoms with Crippen molar-refractivity contribution in [2.75, 3.05) is 26.7 Å². The summed E-state index contributed by atoms with van der Waals surface area (Å²) in [6, 6.07) is 0.589. The molecule has 0 aliphatic rings. The summed E-state index contributed by atoms with van der Waals surface area (Å²) in [6.07, 6.45) is 6.60. The van der Waals surface area contributed by atoms with Crippen molar-refractivity contribution in [2.24, 2.45) is 5.41 Å². The molecule has 1 N–H and O–H groups in total. The van der Waals surface area contributed by atoms with Gasteiger partial charge < -0.3 is 10.2 Å². The molecule has 0 saturated heterocycles. The second kappa shape index (κ2) is 9.80. The van der Waals surface area contributed by atoms with E-state index in [0.29, 0.717) is 11.5 Å². The molecule has 0 saturated carbocycles. The molecule has 0 aromatic carbocycles. The predicted octanol–water partition coefficient (Wildman–Crippen LogP) is 3.91. The van der Waals surface area contributed by atoms with Gasteiger partial charge in [0.1, 0.15) is 0 Å². The third kappa shape index (κ3) is 8.93. The molecule has 0 aliphatic heterocycles. The standard InChI is InChI=1S/C16H36N2/c1-7-9-10-12-18(6)14-16(5,11-8-2)13-17-15(3)4/h15,17H,7-14H2,1-6H3. The van der Waals surface area contributed by atoms with Crippen molar-refractivity contribution in [2.45, 2.75) is 72.8 Å². The number of rotatable bonds is 11. The van der Waals surface area contributed by atoms with Gasteiger partial charge in [0, 0.05) is 19.1 Å². The highest BCUT2D eigenvalue weighted by atomic mass is 15.1. The van der Waals surface area contributed by atoms with Crippen molar-refractivity contribution in [1.82, 2.24) is 10.2 Å². The summed E-state index contributed by atoms with van der Waals surface area (Å²) >= 11 is 0. The minimum absolute atomic E-state index is 0.417. The maximum absolute atomic E-state index is 3.62. The Morgan fingerprint density at radius 3 is 2.28 bits per heavy atom. The molecule has 18 heavy (non-hydrogen) atoms. The van der Waals surface area contributed by atoms with Crippen LogP contribution in [0.5, 0.6) is 0 Å². The monoisotopic (exact) mass is 256 g/mol. The van der Waals surface area contributed by atoms with Gasteiger partial charge in [-0.15, -0.1) is 0 Å². The smallest absolute Gasteiger partial charge is 0.00444 e. The number of hydrogen-bond donors (Lipinski definition) is 1. The van der Waals surface area contributed by atoms with Gasteiger partial charge in [-0.25, -0.2) is 0 Å². The summed E-state index contributed by atoms with van der Waals surface area (Å²) in [5.74, 6) is 0. The van der Waals surface area contributed by atoms with E-state index in [1.54, 1.807) is 0 Å². The van der Waals surface area contributed by atoms with Crippen LogP contribution in [0.25, 0.3) is 0 Å². The first-order valence-electron chi connectivity index (χ1n) is 7.85. The van der Waals surface area contributed by atoms with E-state index in [1.165, 1.54) is 45.2 Å². The van der Waals surface area contributed by atoms with Crippen LogP contribution in [0.3, 0.4) is 0 Å². The molecule has 1 unspecified atom stereocenters. The van der Waals surface area contributed by atoms with E-state index in [0.717, 1.165) is 6.54 Å². The van der Waals surface area contributed by atoms with Gasteiger partial charge in [-0.05, 0) is 31.8 Å². The van der Waals surface area contributed by atoms with Crippen LogP contribution in [0.15, 0.2) is 0 Å². The molecule has 0 aromatic rings. The molecule has 110 valence electrons. The first-order valence-corrected chi connectivity index (χ1v) is 7.85. The molecule has 0 heterocycles. The largest absolute Gasteiger partial charge is 0.314 e. The van der Waals surface area contributed by atoms with Crippen molar-refractivity contribution in [3.63, 3.8) is 0 Å². The van der Waals surface area contributed by atoms with Gasteiger partial charge in [0.2, 0.25) is 0 Å². The Labute approximate surface area is 116 Å². The highest BCUT2D eigenvalue weighted by Crippen LogP contribution is 2.24. The SMILES string of the molecule is CCCCCN(C)CC(C)(CCC)CNC(C)C. The van der Waals surface area contributed by atoms with Gasteiger partial charge in [-0.1, -0.05) is 53.9 Å². The topological polar surface area (TPSA) is 15.3 Å². The van der Waals surface area contributed by atoms with Gasteiger partial charge in [-0.2, -0.15) is 0 Å². The van der Waals surface area contributed by atoms with E-state index in [2.05, 4.69) is 51.9 Å². The van der Waals surface area contributed by atoms with Crippen molar-refractivity contribution in [3.05, 3.63) is 0 Å². The Hall–Kier alpha value is -0.0800. The van der Waals surface area contributed by atoms with Gasteiger partial charge >= 0.3 is 0 Å². The average Bonchev–Trinajstić information content (AvgIpc) is 2.27. The molecule has 0 aliphatic carbocycles. The lowest BCUT2D eigenvalue weighted by atomic mass is 9.84. The van der Waals surface area contributed by atoms with E-state index >= 15 is 0 Å². The molecule has 0 rings (SSSR count). The summed E-state index contributed by atoms with van der Waals surface area (Å²) in [5.41, 5.74) is 0.417. The lowest BCUT2D eigenvalue weighted by molar-refractivity contribution is 0.168. The van der Waals surface area contributed by atoms with E-state index in [4.69, 9.17) is 0 Å². The van der Waals surface area contributed by atoms with E-state index in [-0.39, 0.29) is 0 Å². The third-order valence-corrected chi connectivity index (χ3v) is 3.59. The number of unbranched alkanes of at least 4 members (excludes halogenated alkanes) is 2. The van der Waals surface area contributed by atoms with E-state index in [1.807, 2.05) is 0 Å². The lowest BCUT2D eigenvalue weighted by Crippen LogP contribution is -2.43. The zero-order valence-corrected chi connectivity index (χ0v) is 13.7. The molecule has 0 fully saturated rings. The fourth-order valence-electron chi connectivity index (χ4n) is 2.64. The zero-order chi connectivity index (χ0) is 14.0. The van der Waals surface area contributed by atoms with Crippen molar-refractivity contribution >= 4 is 0 Å². The Balaban J connectivity index is 4.13. The second-order valence-corrected chi connectivity index (χ2v) is 6.54. The maximum Gasteiger partial charge on any atom is 0.00444 e. The van der Waals surface area contributed by atoms with Crippen LogP contribution in [0.4, 0.5) is 0 Å². The molecule has 0 aromatic heterocycles. The molecular formula is C16H36N2. The van der Waals surface area contributed by atoms with E-state index < -0.39 is 0 Å². The summed E-state index contributed by atoms with van der Waals surface area (Å²) < 4.78 is 0. The van der Waals surface area contributed by atoms with Crippen molar-refractivity contribution in [3.8, 4) is 0 Å². The van der Waals surface area contributed by atoms with Crippen LogP contribution in [0.2, 0.25) is 0 Å². The minimum atomic E-state index is 0.417.